The third kappa shape index (κ3) is 3.34. The van der Waals surface area contributed by atoms with Crippen molar-refractivity contribution >= 4 is 11.6 Å². The van der Waals surface area contributed by atoms with Gasteiger partial charge in [-0.15, -0.1) is 0 Å². The first-order chi connectivity index (χ1) is 10.1. The Bertz CT molecular complexity index is 500. The normalized spacial score (nSPS) is 30.5. The van der Waals surface area contributed by atoms with Crippen LogP contribution in [0.1, 0.15) is 37.8 Å². The zero-order valence-electron chi connectivity index (χ0n) is 12.3. The molecule has 116 valence electrons. The van der Waals surface area contributed by atoms with Gasteiger partial charge < -0.3 is 19.9 Å². The molecule has 3 atom stereocenters. The van der Waals surface area contributed by atoms with Gasteiger partial charge in [-0.2, -0.15) is 0 Å². The zero-order chi connectivity index (χ0) is 14.9. The molecule has 1 aromatic carbocycles. The summed E-state index contributed by atoms with van der Waals surface area (Å²) in [5.74, 6) is 0.724. The molecular weight excluding hydrogens is 290 g/mol. The molecule has 2 saturated heterocycles. The quantitative estimate of drug-likeness (QED) is 0.932. The van der Waals surface area contributed by atoms with E-state index in [2.05, 4.69) is 0 Å². The molecule has 0 amide bonds. The summed E-state index contributed by atoms with van der Waals surface area (Å²) in [5, 5.41) is 0.619. The first kappa shape index (κ1) is 15.1. The van der Waals surface area contributed by atoms with E-state index < -0.39 is 0 Å². The fourth-order valence-electron chi connectivity index (χ4n) is 3.02. The van der Waals surface area contributed by atoms with E-state index in [4.69, 9.17) is 31.5 Å². The molecule has 2 fully saturated rings. The van der Waals surface area contributed by atoms with Gasteiger partial charge in [0.25, 0.3) is 0 Å². The van der Waals surface area contributed by atoms with Gasteiger partial charge in [-0.3, -0.25) is 0 Å². The topological polar surface area (TPSA) is 53.7 Å². The number of nitrogens with two attached hydrogens (primary N) is 1. The molecule has 0 aliphatic carbocycles. The monoisotopic (exact) mass is 311 g/mol. The second-order valence-corrected chi connectivity index (χ2v) is 6.45. The maximum atomic E-state index is 6.31. The van der Waals surface area contributed by atoms with Crippen LogP contribution in [-0.2, 0) is 9.47 Å². The second-order valence-electron chi connectivity index (χ2n) is 6.05. The lowest BCUT2D eigenvalue weighted by Gasteiger charge is -2.37. The molecule has 0 bridgehead atoms. The van der Waals surface area contributed by atoms with Crippen LogP contribution in [0.2, 0.25) is 5.02 Å². The molecule has 1 aromatic rings. The number of hydrogen-bond acceptors (Lipinski definition) is 4. The van der Waals surface area contributed by atoms with Gasteiger partial charge >= 0.3 is 0 Å². The van der Waals surface area contributed by atoms with Gasteiger partial charge in [0.1, 0.15) is 11.9 Å². The maximum absolute atomic E-state index is 6.31. The van der Waals surface area contributed by atoms with Gasteiger partial charge in [-0.25, -0.2) is 0 Å². The van der Waals surface area contributed by atoms with Crippen LogP contribution in [0, 0.1) is 0 Å². The van der Waals surface area contributed by atoms with Crippen molar-refractivity contribution in [3.8, 4) is 5.75 Å². The summed E-state index contributed by atoms with van der Waals surface area (Å²) in [6, 6.07) is 5.74. The molecule has 4 nitrogen and oxygen atoms in total. The van der Waals surface area contributed by atoms with Crippen LogP contribution in [0.15, 0.2) is 18.2 Å². The van der Waals surface area contributed by atoms with E-state index in [1.54, 1.807) is 0 Å². The molecular formula is C16H22ClNO3. The van der Waals surface area contributed by atoms with Gasteiger partial charge in [0, 0.05) is 31.9 Å². The summed E-state index contributed by atoms with van der Waals surface area (Å²) < 4.78 is 17.5. The Kier molecular flexibility index (Phi) is 4.41. The van der Waals surface area contributed by atoms with E-state index in [-0.39, 0.29) is 17.7 Å². The average Bonchev–Trinajstić information content (AvgIpc) is 2.89. The summed E-state index contributed by atoms with van der Waals surface area (Å²) in [6.07, 6.45) is 2.81. The van der Waals surface area contributed by atoms with Crippen molar-refractivity contribution in [1.82, 2.24) is 0 Å². The van der Waals surface area contributed by atoms with Gasteiger partial charge in [0.05, 0.1) is 23.8 Å². The van der Waals surface area contributed by atoms with Crippen LogP contribution in [0.5, 0.6) is 5.75 Å². The van der Waals surface area contributed by atoms with Crippen LogP contribution in [0.4, 0.5) is 0 Å². The third-order valence-corrected chi connectivity index (χ3v) is 4.59. The number of ether oxygens (including phenoxy) is 3. The Morgan fingerprint density at radius 1 is 1.43 bits per heavy atom. The minimum Gasteiger partial charge on any atom is -0.489 e. The van der Waals surface area contributed by atoms with Gasteiger partial charge in [-0.1, -0.05) is 17.7 Å². The summed E-state index contributed by atoms with van der Waals surface area (Å²) in [6.45, 7) is 4.10. The van der Waals surface area contributed by atoms with E-state index >= 15 is 0 Å². The van der Waals surface area contributed by atoms with Crippen LogP contribution < -0.4 is 10.5 Å². The lowest BCUT2D eigenvalue weighted by molar-refractivity contribution is -0.112. The molecule has 0 aromatic heterocycles. The Labute approximate surface area is 130 Å². The third-order valence-electron chi connectivity index (χ3n) is 4.29. The molecule has 2 N–H and O–H groups in total. The summed E-state index contributed by atoms with van der Waals surface area (Å²) in [4.78, 5) is 0. The second kappa shape index (κ2) is 6.13. The van der Waals surface area contributed by atoms with Crippen molar-refractivity contribution in [2.24, 2.45) is 5.73 Å². The first-order valence-electron chi connectivity index (χ1n) is 7.51. The summed E-state index contributed by atoms with van der Waals surface area (Å²) in [7, 11) is 0. The maximum Gasteiger partial charge on any atom is 0.138 e. The van der Waals surface area contributed by atoms with Crippen molar-refractivity contribution in [1.29, 1.82) is 0 Å². The highest BCUT2D eigenvalue weighted by atomic mass is 35.5. The molecule has 2 heterocycles. The van der Waals surface area contributed by atoms with Crippen molar-refractivity contribution in [2.45, 2.75) is 43.9 Å². The lowest BCUT2D eigenvalue weighted by atomic mass is 9.91. The van der Waals surface area contributed by atoms with Crippen LogP contribution >= 0.6 is 11.6 Å². The molecule has 2 aliphatic heterocycles. The van der Waals surface area contributed by atoms with Crippen molar-refractivity contribution in [2.75, 3.05) is 19.8 Å². The van der Waals surface area contributed by atoms with Crippen LogP contribution in [-0.4, -0.2) is 31.5 Å². The Morgan fingerprint density at radius 2 is 2.29 bits per heavy atom. The van der Waals surface area contributed by atoms with Crippen molar-refractivity contribution < 1.29 is 14.2 Å². The lowest BCUT2D eigenvalue weighted by Crippen LogP contribution is -2.44. The minimum atomic E-state index is -0.152. The minimum absolute atomic E-state index is 0.0291. The predicted octanol–water partition coefficient (Wildman–Crippen LogP) is 3.08. The molecule has 2 unspecified atom stereocenters. The number of hydrogen-bond donors (Lipinski definition) is 1. The van der Waals surface area contributed by atoms with Crippen LogP contribution in [0.3, 0.4) is 0 Å². The Hall–Kier alpha value is -0.810. The van der Waals surface area contributed by atoms with Gasteiger partial charge in [0.15, 0.2) is 0 Å². The SMILES string of the molecule is C[C@@H](N)c1ccc(OC2CCOC3(CCOC3)C2)c(Cl)c1. The van der Waals surface area contributed by atoms with E-state index in [9.17, 15) is 0 Å². The predicted molar refractivity (Wildman–Crippen MR) is 81.8 cm³/mol. The summed E-state index contributed by atoms with van der Waals surface area (Å²) in [5.41, 5.74) is 6.73. The average molecular weight is 312 g/mol. The van der Waals surface area contributed by atoms with Crippen molar-refractivity contribution in [3.05, 3.63) is 28.8 Å². The highest BCUT2D eigenvalue weighted by molar-refractivity contribution is 6.32. The number of halogens is 1. The zero-order valence-corrected chi connectivity index (χ0v) is 13.1. The highest BCUT2D eigenvalue weighted by Crippen LogP contribution is 2.36. The fraction of sp³-hybridized carbons (Fsp3) is 0.625. The number of benzene rings is 1. The Morgan fingerprint density at radius 3 is 2.95 bits per heavy atom. The molecule has 2 aliphatic rings. The van der Waals surface area contributed by atoms with E-state index in [0.717, 1.165) is 37.2 Å². The largest absolute Gasteiger partial charge is 0.489 e. The molecule has 3 rings (SSSR count). The molecule has 5 heteroatoms. The standard InChI is InChI=1S/C16H22ClNO3/c1-11(18)12-2-3-15(14(17)8-12)21-13-4-6-20-16(9-13)5-7-19-10-16/h2-3,8,11,13H,4-7,9-10,18H2,1H3/t11-,13?,16?/m1/s1. The van der Waals surface area contributed by atoms with E-state index in [1.807, 2.05) is 25.1 Å². The van der Waals surface area contributed by atoms with E-state index in [1.165, 1.54) is 0 Å². The highest BCUT2D eigenvalue weighted by Gasteiger charge is 2.41. The smallest absolute Gasteiger partial charge is 0.138 e. The molecule has 21 heavy (non-hydrogen) atoms. The van der Waals surface area contributed by atoms with Gasteiger partial charge in [-0.05, 0) is 24.6 Å². The molecule has 0 radical (unpaired) electrons. The summed E-state index contributed by atoms with van der Waals surface area (Å²) >= 11 is 6.31. The first-order valence-corrected chi connectivity index (χ1v) is 7.89. The molecule has 1 spiro atoms. The van der Waals surface area contributed by atoms with Crippen molar-refractivity contribution in [3.63, 3.8) is 0 Å². The Balaban J connectivity index is 1.68. The number of rotatable bonds is 3. The van der Waals surface area contributed by atoms with E-state index in [0.29, 0.717) is 18.2 Å². The molecule has 0 saturated carbocycles. The van der Waals surface area contributed by atoms with Crippen LogP contribution in [0.25, 0.3) is 0 Å². The van der Waals surface area contributed by atoms with Gasteiger partial charge in [0.2, 0.25) is 0 Å². The fourth-order valence-corrected chi connectivity index (χ4v) is 3.26.